The van der Waals surface area contributed by atoms with E-state index in [2.05, 4.69) is 16.5 Å². The number of hydrogen-bond acceptors (Lipinski definition) is 2. The Morgan fingerprint density at radius 2 is 1.90 bits per heavy atom. The van der Waals surface area contributed by atoms with Crippen LogP contribution in [0.5, 0.6) is 0 Å². The lowest BCUT2D eigenvalue weighted by molar-refractivity contribution is 0.0698. The van der Waals surface area contributed by atoms with Crippen molar-refractivity contribution in [1.29, 1.82) is 0 Å². The fraction of sp³-hybridized carbons (Fsp3) is 0.529. The molecule has 0 saturated heterocycles. The van der Waals surface area contributed by atoms with E-state index in [1.54, 1.807) is 12.1 Å². The summed E-state index contributed by atoms with van der Waals surface area (Å²) in [6.07, 6.45) is 7.37. The quantitative estimate of drug-likeness (QED) is 0.732. The van der Waals surface area contributed by atoms with Crippen molar-refractivity contribution >= 4 is 17.0 Å². The van der Waals surface area contributed by atoms with Gasteiger partial charge in [-0.15, -0.1) is 0 Å². The zero-order chi connectivity index (χ0) is 15.2. The van der Waals surface area contributed by atoms with E-state index < -0.39 is 5.97 Å². The molecule has 0 amide bonds. The molecule has 0 aliphatic carbocycles. The highest BCUT2D eigenvalue weighted by atomic mass is 16.4. The zero-order valence-electron chi connectivity index (χ0n) is 12.9. The normalized spacial score (nSPS) is 11.1. The van der Waals surface area contributed by atoms with Gasteiger partial charge in [-0.05, 0) is 25.5 Å². The van der Waals surface area contributed by atoms with Crippen LogP contribution in [0.2, 0.25) is 0 Å². The summed E-state index contributed by atoms with van der Waals surface area (Å²) in [6.45, 7) is 5.01. The van der Waals surface area contributed by atoms with Crippen molar-refractivity contribution in [2.75, 3.05) is 0 Å². The summed E-state index contributed by atoms with van der Waals surface area (Å²) in [7, 11) is 0. The number of rotatable bonds is 8. The van der Waals surface area contributed by atoms with E-state index in [1.807, 2.05) is 13.0 Å². The predicted molar refractivity (Wildman–Crippen MR) is 84.8 cm³/mol. The Morgan fingerprint density at radius 1 is 1.19 bits per heavy atom. The molecule has 1 aromatic carbocycles. The second-order valence-electron chi connectivity index (χ2n) is 5.56. The molecule has 114 valence electrons. The van der Waals surface area contributed by atoms with Gasteiger partial charge in [-0.25, -0.2) is 9.78 Å². The van der Waals surface area contributed by atoms with Gasteiger partial charge in [0, 0.05) is 6.54 Å². The minimum atomic E-state index is -0.885. The summed E-state index contributed by atoms with van der Waals surface area (Å²) in [5, 5.41) is 9.34. The molecule has 2 aromatic rings. The van der Waals surface area contributed by atoms with Crippen LogP contribution in [0, 0.1) is 6.92 Å². The third kappa shape index (κ3) is 3.63. The molecule has 0 aliphatic heterocycles. The summed E-state index contributed by atoms with van der Waals surface area (Å²) < 4.78 is 2.05. The maximum Gasteiger partial charge on any atom is 0.337 e. The summed E-state index contributed by atoms with van der Waals surface area (Å²) in [4.78, 5) is 15.9. The average molecular weight is 288 g/mol. The molecule has 4 nitrogen and oxygen atoms in total. The summed E-state index contributed by atoms with van der Waals surface area (Å²) >= 11 is 0. The van der Waals surface area contributed by atoms with E-state index in [0.29, 0.717) is 5.56 Å². The molecule has 0 unspecified atom stereocenters. The molecule has 1 aromatic heterocycles. The first-order chi connectivity index (χ1) is 10.1. The fourth-order valence-corrected chi connectivity index (χ4v) is 2.80. The number of carbonyl (C=O) groups is 1. The number of nitrogens with zero attached hydrogens (tertiary/aromatic N) is 2. The standard InChI is InChI=1S/C17H24N2O2/c1-3-4-5-6-7-8-12-19-13(2)18-15-11-9-10-14(16(15)19)17(20)21/h9-11H,3-8,12H2,1-2H3,(H,20,21). The lowest BCUT2D eigenvalue weighted by Crippen LogP contribution is -2.05. The van der Waals surface area contributed by atoms with Crippen molar-refractivity contribution in [3.05, 3.63) is 29.6 Å². The van der Waals surface area contributed by atoms with Crippen LogP contribution < -0.4 is 0 Å². The molecule has 1 heterocycles. The van der Waals surface area contributed by atoms with Gasteiger partial charge >= 0.3 is 5.97 Å². The van der Waals surface area contributed by atoms with Crippen molar-refractivity contribution in [2.45, 2.75) is 58.9 Å². The van der Waals surface area contributed by atoms with E-state index in [0.717, 1.165) is 29.8 Å². The average Bonchev–Trinajstić information content (AvgIpc) is 2.78. The van der Waals surface area contributed by atoms with Gasteiger partial charge in [0.15, 0.2) is 0 Å². The lowest BCUT2D eigenvalue weighted by atomic mass is 10.1. The molecular formula is C17H24N2O2. The van der Waals surface area contributed by atoms with E-state index in [4.69, 9.17) is 0 Å². The number of aromatic nitrogens is 2. The van der Waals surface area contributed by atoms with Gasteiger partial charge in [-0.2, -0.15) is 0 Å². The molecule has 21 heavy (non-hydrogen) atoms. The van der Waals surface area contributed by atoms with E-state index in [-0.39, 0.29) is 0 Å². The van der Waals surface area contributed by atoms with Gasteiger partial charge in [0.25, 0.3) is 0 Å². The largest absolute Gasteiger partial charge is 0.478 e. The molecule has 2 rings (SSSR count). The number of benzene rings is 1. The Bertz CT molecular complexity index is 617. The first kappa shape index (κ1) is 15.5. The van der Waals surface area contributed by atoms with Crippen molar-refractivity contribution < 1.29 is 9.90 Å². The second-order valence-corrected chi connectivity index (χ2v) is 5.56. The first-order valence-electron chi connectivity index (χ1n) is 7.84. The Morgan fingerprint density at radius 3 is 2.62 bits per heavy atom. The maximum atomic E-state index is 11.4. The Labute approximate surface area is 125 Å². The Kier molecular flexibility index (Phi) is 5.37. The monoisotopic (exact) mass is 288 g/mol. The molecule has 0 atom stereocenters. The third-order valence-corrected chi connectivity index (χ3v) is 3.92. The molecule has 0 bridgehead atoms. The number of carboxylic acids is 1. The van der Waals surface area contributed by atoms with Crippen LogP contribution in [0.15, 0.2) is 18.2 Å². The number of hydrogen-bond donors (Lipinski definition) is 1. The highest BCUT2D eigenvalue weighted by molar-refractivity contribution is 6.01. The molecule has 0 aliphatic rings. The molecule has 0 saturated carbocycles. The molecule has 4 heteroatoms. The van der Waals surface area contributed by atoms with E-state index in [9.17, 15) is 9.90 Å². The fourth-order valence-electron chi connectivity index (χ4n) is 2.80. The first-order valence-corrected chi connectivity index (χ1v) is 7.84. The maximum absolute atomic E-state index is 11.4. The molecule has 0 spiro atoms. The molecule has 0 fully saturated rings. The Hall–Kier alpha value is -1.84. The van der Waals surface area contributed by atoms with Crippen LogP contribution >= 0.6 is 0 Å². The zero-order valence-corrected chi connectivity index (χ0v) is 12.9. The summed E-state index contributed by atoms with van der Waals surface area (Å²) in [5.41, 5.74) is 1.88. The summed E-state index contributed by atoms with van der Waals surface area (Å²) in [6, 6.07) is 5.30. The number of fused-ring (bicyclic) bond motifs is 1. The van der Waals surface area contributed by atoms with Gasteiger partial charge in [0.05, 0.1) is 16.6 Å². The Balaban J connectivity index is 2.12. The number of aromatic carboxylic acids is 1. The minimum absolute atomic E-state index is 0.346. The topological polar surface area (TPSA) is 55.1 Å². The highest BCUT2D eigenvalue weighted by Gasteiger charge is 2.15. The van der Waals surface area contributed by atoms with Crippen molar-refractivity contribution in [3.8, 4) is 0 Å². The van der Waals surface area contributed by atoms with Crippen molar-refractivity contribution in [2.24, 2.45) is 0 Å². The number of para-hydroxylation sites is 1. The smallest absolute Gasteiger partial charge is 0.337 e. The third-order valence-electron chi connectivity index (χ3n) is 3.92. The van der Waals surface area contributed by atoms with Crippen LogP contribution in [0.1, 0.15) is 61.6 Å². The second kappa shape index (κ2) is 7.25. The van der Waals surface area contributed by atoms with Crippen LogP contribution in [0.4, 0.5) is 0 Å². The van der Waals surface area contributed by atoms with Gasteiger partial charge in [-0.1, -0.05) is 45.1 Å². The van der Waals surface area contributed by atoms with Crippen molar-refractivity contribution in [3.63, 3.8) is 0 Å². The van der Waals surface area contributed by atoms with E-state index in [1.165, 1.54) is 32.1 Å². The lowest BCUT2D eigenvalue weighted by Gasteiger charge is -2.08. The molecule has 0 radical (unpaired) electrons. The van der Waals surface area contributed by atoms with E-state index >= 15 is 0 Å². The van der Waals surface area contributed by atoms with Crippen LogP contribution in [-0.4, -0.2) is 20.6 Å². The van der Waals surface area contributed by atoms with Gasteiger partial charge in [-0.3, -0.25) is 0 Å². The minimum Gasteiger partial charge on any atom is -0.478 e. The van der Waals surface area contributed by atoms with Crippen LogP contribution in [0.25, 0.3) is 11.0 Å². The van der Waals surface area contributed by atoms with Gasteiger partial charge in [0.1, 0.15) is 5.82 Å². The molecular weight excluding hydrogens is 264 g/mol. The summed E-state index contributed by atoms with van der Waals surface area (Å²) in [5.74, 6) is 0.0111. The number of unbranched alkanes of at least 4 members (excludes halogenated alkanes) is 5. The predicted octanol–water partition coefficient (Wildman–Crippen LogP) is 4.40. The van der Waals surface area contributed by atoms with Gasteiger partial charge in [0.2, 0.25) is 0 Å². The van der Waals surface area contributed by atoms with Gasteiger partial charge < -0.3 is 9.67 Å². The SMILES string of the molecule is CCCCCCCCn1c(C)nc2cccc(C(=O)O)c21. The van der Waals surface area contributed by atoms with Crippen LogP contribution in [-0.2, 0) is 6.54 Å². The number of carboxylic acid groups (broad SMARTS) is 1. The van der Waals surface area contributed by atoms with Crippen molar-refractivity contribution in [1.82, 2.24) is 9.55 Å². The molecule has 1 N–H and O–H groups in total. The van der Waals surface area contributed by atoms with Crippen LogP contribution in [0.3, 0.4) is 0 Å². The number of aryl methyl sites for hydroxylation is 2. The highest BCUT2D eigenvalue weighted by Crippen LogP contribution is 2.21. The number of imidazole rings is 1.